The highest BCUT2D eigenvalue weighted by molar-refractivity contribution is 9.10. The van der Waals surface area contributed by atoms with Crippen molar-refractivity contribution in [1.29, 1.82) is 0 Å². The van der Waals surface area contributed by atoms with Crippen molar-refractivity contribution < 1.29 is 32.4 Å². The van der Waals surface area contributed by atoms with Gasteiger partial charge in [-0.25, -0.2) is 4.99 Å². The third kappa shape index (κ3) is 5.48. The van der Waals surface area contributed by atoms with Gasteiger partial charge >= 0.3 is 12.1 Å². The molecule has 0 saturated carbocycles. The average Bonchev–Trinajstić information content (AvgIpc) is 2.44. The number of hydrogen-bond donors (Lipinski definition) is 0. The van der Waals surface area contributed by atoms with Gasteiger partial charge in [0.15, 0.2) is 12.3 Å². The molecule has 0 spiro atoms. The number of alkyl halides is 3. The number of benzene rings is 1. The maximum Gasteiger partial charge on any atom is 0.418 e. The van der Waals surface area contributed by atoms with Crippen molar-refractivity contribution in [3.8, 4) is 0 Å². The van der Waals surface area contributed by atoms with Gasteiger partial charge in [-0.05, 0) is 13.0 Å². The van der Waals surface area contributed by atoms with Crippen molar-refractivity contribution in [2.45, 2.75) is 20.0 Å². The fourth-order valence-corrected chi connectivity index (χ4v) is 2.06. The molecule has 24 heavy (non-hydrogen) atoms. The number of ether oxygens (including phenoxy) is 2. The summed E-state index contributed by atoms with van der Waals surface area (Å²) in [5.41, 5.74) is -3.10. The van der Waals surface area contributed by atoms with Crippen molar-refractivity contribution in [3.05, 3.63) is 32.3 Å². The molecular weight excluding hydrogens is 401 g/mol. The molecule has 0 fully saturated rings. The third-order valence-electron chi connectivity index (χ3n) is 2.50. The van der Waals surface area contributed by atoms with Crippen molar-refractivity contribution in [3.63, 3.8) is 0 Å². The average molecular weight is 413 g/mol. The Morgan fingerprint density at radius 1 is 1.38 bits per heavy atom. The molecule has 0 aromatic heterocycles. The summed E-state index contributed by atoms with van der Waals surface area (Å²) < 4.78 is 49.0. The van der Waals surface area contributed by atoms with Crippen molar-refractivity contribution in [2.24, 2.45) is 4.99 Å². The number of esters is 1. The third-order valence-corrected chi connectivity index (χ3v) is 2.96. The van der Waals surface area contributed by atoms with Crippen LogP contribution in [0, 0.1) is 10.1 Å². The quantitative estimate of drug-likeness (QED) is 0.239. The summed E-state index contributed by atoms with van der Waals surface area (Å²) in [6.45, 7) is 2.09. The second-order valence-corrected chi connectivity index (χ2v) is 5.21. The van der Waals surface area contributed by atoms with Crippen molar-refractivity contribution in [2.75, 3.05) is 13.2 Å². The van der Waals surface area contributed by atoms with Crippen LogP contribution in [0.2, 0.25) is 0 Å². The predicted octanol–water partition coefficient (Wildman–Crippen LogP) is 4.01. The molecule has 0 aliphatic rings. The first kappa shape index (κ1) is 19.9. The zero-order valence-electron chi connectivity index (χ0n) is 12.5. The maximum atomic E-state index is 13.2. The lowest BCUT2D eigenvalue weighted by molar-refractivity contribution is -0.384. The Morgan fingerprint density at radius 3 is 2.46 bits per heavy atom. The Balaban J connectivity index is 3.54. The van der Waals surface area contributed by atoms with Crippen LogP contribution in [-0.4, -0.2) is 30.0 Å². The standard InChI is InChI=1S/C13H12BrF3N2O5/c1-3-23-11(6-24-7(2)20)18-12-9(13(15,16)17)4-8(14)5-10(12)19(21)22/h4-5H,3,6H2,1-2H3. The van der Waals surface area contributed by atoms with E-state index in [9.17, 15) is 28.1 Å². The fraction of sp³-hybridized carbons (Fsp3) is 0.385. The molecule has 0 bridgehead atoms. The Morgan fingerprint density at radius 2 is 2.00 bits per heavy atom. The zero-order chi connectivity index (χ0) is 18.5. The van der Waals surface area contributed by atoms with Crippen molar-refractivity contribution >= 4 is 39.2 Å². The highest BCUT2D eigenvalue weighted by Gasteiger charge is 2.38. The predicted molar refractivity (Wildman–Crippen MR) is 81.2 cm³/mol. The van der Waals surface area contributed by atoms with Crippen LogP contribution in [0.25, 0.3) is 0 Å². The minimum Gasteiger partial charge on any atom is -0.479 e. The monoisotopic (exact) mass is 412 g/mol. The summed E-state index contributed by atoms with van der Waals surface area (Å²) in [6, 6.07) is 1.56. The highest BCUT2D eigenvalue weighted by atomic mass is 79.9. The molecule has 0 aliphatic heterocycles. The number of carbonyl (C=O) groups is 1. The van der Waals surface area contributed by atoms with Gasteiger partial charge in [0, 0.05) is 17.5 Å². The summed E-state index contributed by atoms with van der Waals surface area (Å²) in [5, 5.41) is 11.1. The summed E-state index contributed by atoms with van der Waals surface area (Å²) in [5.74, 6) is -1.09. The molecule has 1 aromatic rings. The molecule has 132 valence electrons. The van der Waals surface area contributed by atoms with Crippen molar-refractivity contribution in [1.82, 2.24) is 0 Å². The second-order valence-electron chi connectivity index (χ2n) is 4.29. The fourth-order valence-electron chi connectivity index (χ4n) is 1.62. The number of nitro groups is 1. The number of aliphatic imine (C=N–C) groups is 1. The zero-order valence-corrected chi connectivity index (χ0v) is 14.1. The first-order valence-electron chi connectivity index (χ1n) is 6.45. The van der Waals surface area contributed by atoms with Crippen LogP contribution in [0.5, 0.6) is 0 Å². The van der Waals surface area contributed by atoms with Gasteiger partial charge in [-0.3, -0.25) is 14.9 Å². The van der Waals surface area contributed by atoms with Crippen LogP contribution in [0.4, 0.5) is 24.5 Å². The van der Waals surface area contributed by atoms with E-state index in [1.54, 1.807) is 0 Å². The molecule has 0 N–H and O–H groups in total. The summed E-state index contributed by atoms with van der Waals surface area (Å²) in [7, 11) is 0. The van der Waals surface area contributed by atoms with Gasteiger partial charge in [0.2, 0.25) is 5.90 Å². The second kappa shape index (κ2) is 8.08. The minimum absolute atomic E-state index is 0.0196. The van der Waals surface area contributed by atoms with E-state index in [0.29, 0.717) is 6.07 Å². The van der Waals surface area contributed by atoms with E-state index in [4.69, 9.17) is 4.74 Å². The number of nitro benzene ring substituents is 1. The number of halogens is 4. The first-order valence-corrected chi connectivity index (χ1v) is 7.24. The SMILES string of the molecule is CCOC(COC(C)=O)=Nc1c([N+](=O)[O-])cc(Br)cc1C(F)(F)F. The number of carbonyl (C=O) groups excluding carboxylic acids is 1. The molecule has 0 aliphatic carbocycles. The van der Waals surface area contributed by atoms with Gasteiger partial charge in [0.25, 0.3) is 5.69 Å². The van der Waals surface area contributed by atoms with Crippen LogP contribution in [0.15, 0.2) is 21.6 Å². The molecule has 7 nitrogen and oxygen atoms in total. The van der Waals surface area contributed by atoms with Gasteiger partial charge in [0.1, 0.15) is 0 Å². The summed E-state index contributed by atoms with van der Waals surface area (Å²) in [4.78, 5) is 24.5. The molecule has 0 unspecified atom stereocenters. The van der Waals surface area contributed by atoms with E-state index in [0.717, 1.165) is 13.0 Å². The first-order chi connectivity index (χ1) is 11.1. The molecule has 0 atom stereocenters. The van der Waals surface area contributed by atoms with E-state index in [1.165, 1.54) is 6.92 Å². The van der Waals surface area contributed by atoms with Gasteiger partial charge in [0.05, 0.1) is 17.1 Å². The Labute approximate surface area is 142 Å². The summed E-state index contributed by atoms with van der Waals surface area (Å²) in [6.07, 6.45) is -4.88. The van der Waals surface area contributed by atoms with E-state index < -0.39 is 40.6 Å². The normalized spacial score (nSPS) is 12.0. The molecule has 0 heterocycles. The number of rotatable bonds is 5. The molecule has 0 amide bonds. The molecule has 0 saturated heterocycles. The largest absolute Gasteiger partial charge is 0.479 e. The Hall–Kier alpha value is -2.17. The molecular formula is C13H12BrF3N2O5. The van der Waals surface area contributed by atoms with E-state index in [-0.39, 0.29) is 17.0 Å². The lowest BCUT2D eigenvalue weighted by Crippen LogP contribution is -2.16. The maximum absolute atomic E-state index is 13.2. The highest BCUT2D eigenvalue weighted by Crippen LogP contribution is 2.43. The van der Waals surface area contributed by atoms with Crippen LogP contribution in [0.1, 0.15) is 19.4 Å². The van der Waals surface area contributed by atoms with E-state index in [2.05, 4.69) is 25.7 Å². The van der Waals surface area contributed by atoms with Gasteiger partial charge in [-0.1, -0.05) is 15.9 Å². The summed E-state index contributed by atoms with van der Waals surface area (Å²) >= 11 is 2.80. The van der Waals surface area contributed by atoms with Crippen LogP contribution in [-0.2, 0) is 20.4 Å². The minimum atomic E-state index is -4.88. The Kier molecular flexibility index (Phi) is 6.70. The van der Waals surface area contributed by atoms with Gasteiger partial charge in [-0.15, -0.1) is 0 Å². The molecule has 11 heteroatoms. The lowest BCUT2D eigenvalue weighted by atomic mass is 10.1. The molecule has 0 radical (unpaired) electrons. The number of hydrogen-bond acceptors (Lipinski definition) is 6. The van der Waals surface area contributed by atoms with Crippen LogP contribution < -0.4 is 0 Å². The van der Waals surface area contributed by atoms with E-state index in [1.807, 2.05) is 0 Å². The van der Waals surface area contributed by atoms with Crippen LogP contribution in [0.3, 0.4) is 0 Å². The smallest absolute Gasteiger partial charge is 0.418 e. The topological polar surface area (TPSA) is 91.0 Å². The van der Waals surface area contributed by atoms with Crippen LogP contribution >= 0.6 is 15.9 Å². The van der Waals surface area contributed by atoms with Gasteiger partial charge in [-0.2, -0.15) is 13.2 Å². The Bertz CT molecular complexity index is 676. The molecule has 1 rings (SSSR count). The molecule has 1 aromatic carbocycles. The number of nitrogens with zero attached hydrogens (tertiary/aromatic N) is 2. The lowest BCUT2D eigenvalue weighted by Gasteiger charge is -2.13. The van der Waals surface area contributed by atoms with Gasteiger partial charge < -0.3 is 9.47 Å². The van der Waals surface area contributed by atoms with E-state index >= 15 is 0 Å².